The van der Waals surface area contributed by atoms with Gasteiger partial charge >= 0.3 is 0 Å². The highest BCUT2D eigenvalue weighted by Crippen LogP contribution is 2.19. The topological polar surface area (TPSA) is 12.0 Å². The van der Waals surface area contributed by atoms with Gasteiger partial charge in [0.25, 0.3) is 0 Å². The fourth-order valence-electron chi connectivity index (χ4n) is 2.94. The number of hydrogen-bond donors (Lipinski definition) is 1. The molecular weight excluding hydrogens is 242 g/mol. The fraction of sp³-hybridized carbons (Fsp3) is 1.00. The summed E-state index contributed by atoms with van der Waals surface area (Å²) in [4.78, 5) is 0. The van der Waals surface area contributed by atoms with Crippen molar-refractivity contribution >= 4 is 0 Å². The van der Waals surface area contributed by atoms with E-state index in [9.17, 15) is 0 Å². The Hall–Kier alpha value is -0.0400. The van der Waals surface area contributed by atoms with Crippen LogP contribution in [0.3, 0.4) is 0 Å². The molecule has 0 amide bonds. The van der Waals surface area contributed by atoms with Crippen LogP contribution in [0.4, 0.5) is 0 Å². The van der Waals surface area contributed by atoms with Gasteiger partial charge < -0.3 is 5.32 Å². The van der Waals surface area contributed by atoms with Crippen LogP contribution in [0.2, 0.25) is 0 Å². The van der Waals surface area contributed by atoms with Gasteiger partial charge in [0.05, 0.1) is 0 Å². The average molecular weight is 284 g/mol. The second kappa shape index (κ2) is 13.9. The van der Waals surface area contributed by atoms with Crippen LogP contribution in [0.5, 0.6) is 0 Å². The predicted octanol–water partition coefficient (Wildman–Crippen LogP) is 6.04. The Morgan fingerprint density at radius 2 is 1.30 bits per heavy atom. The fourth-order valence-corrected chi connectivity index (χ4v) is 2.94. The minimum Gasteiger partial charge on any atom is -0.316 e. The van der Waals surface area contributed by atoms with Crippen molar-refractivity contribution in [2.75, 3.05) is 13.1 Å². The Bertz CT molecular complexity index is 186. The van der Waals surface area contributed by atoms with E-state index in [0.717, 1.165) is 17.8 Å². The van der Waals surface area contributed by atoms with Crippen molar-refractivity contribution in [1.29, 1.82) is 0 Å². The van der Waals surface area contributed by atoms with E-state index in [-0.39, 0.29) is 0 Å². The van der Waals surface area contributed by atoms with E-state index in [4.69, 9.17) is 0 Å². The van der Waals surface area contributed by atoms with E-state index < -0.39 is 0 Å². The third-order valence-corrected chi connectivity index (χ3v) is 4.01. The molecule has 0 aliphatic carbocycles. The largest absolute Gasteiger partial charge is 0.316 e. The van der Waals surface area contributed by atoms with Gasteiger partial charge in [-0.15, -0.1) is 0 Å². The maximum atomic E-state index is 3.66. The minimum absolute atomic E-state index is 0.772. The van der Waals surface area contributed by atoms with E-state index in [0.29, 0.717) is 0 Å². The van der Waals surface area contributed by atoms with Crippen LogP contribution in [-0.4, -0.2) is 13.1 Å². The Kier molecular flexibility index (Phi) is 13.9. The molecule has 0 rings (SSSR count). The maximum absolute atomic E-state index is 3.66. The number of rotatable bonds is 14. The van der Waals surface area contributed by atoms with Crippen LogP contribution in [0, 0.1) is 17.8 Å². The van der Waals surface area contributed by atoms with Gasteiger partial charge in [0.15, 0.2) is 0 Å². The van der Waals surface area contributed by atoms with Crippen molar-refractivity contribution in [2.45, 2.75) is 92.4 Å². The predicted molar refractivity (Wildman–Crippen MR) is 93.3 cm³/mol. The van der Waals surface area contributed by atoms with E-state index in [1.54, 1.807) is 0 Å². The van der Waals surface area contributed by atoms with E-state index >= 15 is 0 Å². The van der Waals surface area contributed by atoms with Crippen LogP contribution in [0.25, 0.3) is 0 Å². The van der Waals surface area contributed by atoms with Crippen LogP contribution in [-0.2, 0) is 0 Å². The second-order valence-corrected chi connectivity index (χ2v) is 7.46. The van der Waals surface area contributed by atoms with Crippen LogP contribution >= 0.6 is 0 Å². The Labute approximate surface area is 129 Å². The van der Waals surface area contributed by atoms with E-state index in [1.165, 1.54) is 70.9 Å². The summed E-state index contributed by atoms with van der Waals surface area (Å²) >= 11 is 0. The smallest absolute Gasteiger partial charge is 0.00203 e. The lowest BCUT2D eigenvalue weighted by atomic mass is 9.91. The summed E-state index contributed by atoms with van der Waals surface area (Å²) in [5.41, 5.74) is 0. The Morgan fingerprint density at radius 3 is 1.85 bits per heavy atom. The molecule has 1 heteroatoms. The SMILES string of the molecule is CCCCCCCCCC(CNCC(C)C)CC(C)C. The van der Waals surface area contributed by atoms with Crippen LogP contribution in [0.15, 0.2) is 0 Å². The molecule has 20 heavy (non-hydrogen) atoms. The van der Waals surface area contributed by atoms with E-state index in [1.807, 2.05) is 0 Å². The summed E-state index contributed by atoms with van der Waals surface area (Å²) in [7, 11) is 0. The lowest BCUT2D eigenvalue weighted by molar-refractivity contribution is 0.347. The lowest BCUT2D eigenvalue weighted by Gasteiger charge is -2.20. The molecule has 1 unspecified atom stereocenters. The van der Waals surface area contributed by atoms with Gasteiger partial charge in [0, 0.05) is 0 Å². The third-order valence-electron chi connectivity index (χ3n) is 4.01. The summed E-state index contributed by atoms with van der Waals surface area (Å²) < 4.78 is 0. The Balaban J connectivity index is 3.64. The maximum Gasteiger partial charge on any atom is -0.00203 e. The van der Waals surface area contributed by atoms with Crippen molar-refractivity contribution in [3.05, 3.63) is 0 Å². The molecule has 0 heterocycles. The summed E-state index contributed by atoms with van der Waals surface area (Å²) in [6.45, 7) is 14.0. The molecule has 0 spiro atoms. The first-order chi connectivity index (χ1) is 9.56. The van der Waals surface area contributed by atoms with Crippen molar-refractivity contribution in [3.8, 4) is 0 Å². The van der Waals surface area contributed by atoms with Gasteiger partial charge in [-0.1, -0.05) is 79.6 Å². The number of hydrogen-bond acceptors (Lipinski definition) is 1. The van der Waals surface area contributed by atoms with Crippen molar-refractivity contribution in [3.63, 3.8) is 0 Å². The monoisotopic (exact) mass is 283 g/mol. The van der Waals surface area contributed by atoms with Gasteiger partial charge in [0.2, 0.25) is 0 Å². The first kappa shape index (κ1) is 20.0. The van der Waals surface area contributed by atoms with E-state index in [2.05, 4.69) is 39.9 Å². The zero-order valence-corrected chi connectivity index (χ0v) is 15.0. The first-order valence-electron chi connectivity index (χ1n) is 9.26. The molecular formula is C19H41N. The van der Waals surface area contributed by atoms with Gasteiger partial charge in [0.1, 0.15) is 0 Å². The minimum atomic E-state index is 0.772. The summed E-state index contributed by atoms with van der Waals surface area (Å²) in [5, 5.41) is 3.66. The molecule has 0 aromatic carbocycles. The molecule has 0 saturated carbocycles. The van der Waals surface area contributed by atoms with Gasteiger partial charge in [-0.2, -0.15) is 0 Å². The molecule has 0 aromatic rings. The standard InChI is InChI=1S/C19H41N/c1-6-7-8-9-10-11-12-13-19(14-17(2)3)16-20-15-18(4)5/h17-20H,6-16H2,1-5H3. The Morgan fingerprint density at radius 1 is 0.700 bits per heavy atom. The zero-order valence-electron chi connectivity index (χ0n) is 15.0. The molecule has 0 saturated heterocycles. The van der Waals surface area contributed by atoms with Crippen molar-refractivity contribution in [1.82, 2.24) is 5.32 Å². The molecule has 0 fully saturated rings. The molecule has 0 radical (unpaired) electrons. The van der Waals surface area contributed by atoms with Crippen LogP contribution < -0.4 is 5.32 Å². The van der Waals surface area contributed by atoms with Gasteiger partial charge in [-0.3, -0.25) is 0 Å². The molecule has 0 aliphatic heterocycles. The van der Waals surface area contributed by atoms with Gasteiger partial charge in [-0.05, 0) is 43.7 Å². The molecule has 1 N–H and O–H groups in total. The molecule has 122 valence electrons. The molecule has 1 atom stereocenters. The zero-order chi connectivity index (χ0) is 15.2. The van der Waals surface area contributed by atoms with Crippen molar-refractivity contribution < 1.29 is 0 Å². The summed E-state index contributed by atoms with van der Waals surface area (Å²) in [6.07, 6.45) is 12.8. The molecule has 0 aliphatic rings. The highest BCUT2D eigenvalue weighted by molar-refractivity contribution is 4.66. The van der Waals surface area contributed by atoms with Crippen LogP contribution in [0.1, 0.15) is 92.4 Å². The quantitative estimate of drug-likeness (QED) is 0.383. The number of unbranched alkanes of at least 4 members (excludes halogenated alkanes) is 6. The highest BCUT2D eigenvalue weighted by Gasteiger charge is 2.10. The normalized spacial score (nSPS) is 13.3. The second-order valence-electron chi connectivity index (χ2n) is 7.46. The first-order valence-corrected chi connectivity index (χ1v) is 9.26. The third kappa shape index (κ3) is 14.4. The molecule has 0 bridgehead atoms. The average Bonchev–Trinajstić information content (AvgIpc) is 2.36. The molecule has 1 nitrogen and oxygen atoms in total. The highest BCUT2D eigenvalue weighted by atomic mass is 14.9. The molecule has 0 aromatic heterocycles. The van der Waals surface area contributed by atoms with Crippen molar-refractivity contribution in [2.24, 2.45) is 17.8 Å². The summed E-state index contributed by atoms with van der Waals surface area (Å²) in [6, 6.07) is 0. The lowest BCUT2D eigenvalue weighted by Crippen LogP contribution is -2.27. The number of nitrogens with one attached hydrogen (secondary N) is 1. The summed E-state index contributed by atoms with van der Waals surface area (Å²) in [5.74, 6) is 2.50. The van der Waals surface area contributed by atoms with Gasteiger partial charge in [-0.25, -0.2) is 0 Å².